The number of nitrogens with one attached hydrogen (secondary N) is 1. The maximum Gasteiger partial charge on any atom is 0.251 e. The molecule has 0 aliphatic heterocycles. The van der Waals surface area contributed by atoms with Gasteiger partial charge in [-0.3, -0.25) is 4.79 Å². The fourth-order valence-corrected chi connectivity index (χ4v) is 2.99. The highest BCUT2D eigenvalue weighted by Gasteiger charge is 2.24. The highest BCUT2D eigenvalue weighted by molar-refractivity contribution is 6.32. The van der Waals surface area contributed by atoms with Crippen LogP contribution in [0.4, 0.5) is 4.39 Å². The van der Waals surface area contributed by atoms with Crippen LogP contribution in [0, 0.1) is 24.1 Å². The van der Waals surface area contributed by atoms with Gasteiger partial charge in [0, 0.05) is 11.6 Å². The Balaban J connectivity index is 2.11. The minimum Gasteiger partial charge on any atom is -0.476 e. The van der Waals surface area contributed by atoms with Gasteiger partial charge in [-0.2, -0.15) is 0 Å². The summed E-state index contributed by atoms with van der Waals surface area (Å²) in [5.74, 6) is 1.54. The maximum atomic E-state index is 14.0. The molecule has 1 aliphatic rings. The Bertz CT molecular complexity index is 574. The van der Waals surface area contributed by atoms with E-state index in [4.69, 9.17) is 22.8 Å². The van der Waals surface area contributed by atoms with E-state index in [9.17, 15) is 9.18 Å². The minimum atomic E-state index is -0.690. The minimum absolute atomic E-state index is 0.0390. The molecule has 1 fully saturated rings. The molecule has 0 spiro atoms. The van der Waals surface area contributed by atoms with Gasteiger partial charge in [0.2, 0.25) is 0 Å². The number of hydrogen-bond donors (Lipinski definition) is 1. The fraction of sp³-hybridized carbons (Fsp3) is 0.471. The van der Waals surface area contributed by atoms with Gasteiger partial charge in [0.05, 0.1) is 5.02 Å². The lowest BCUT2D eigenvalue weighted by atomic mass is 9.86. The monoisotopic (exact) mass is 323 g/mol. The number of hydrogen-bond acceptors (Lipinski definition) is 2. The lowest BCUT2D eigenvalue weighted by Gasteiger charge is -2.29. The van der Waals surface area contributed by atoms with Crippen molar-refractivity contribution in [2.75, 3.05) is 6.61 Å². The molecule has 0 bridgehead atoms. The van der Waals surface area contributed by atoms with Crippen molar-refractivity contribution in [1.82, 2.24) is 5.32 Å². The highest BCUT2D eigenvalue weighted by atomic mass is 35.5. The van der Waals surface area contributed by atoms with Crippen LogP contribution in [0.3, 0.4) is 0 Å². The van der Waals surface area contributed by atoms with Crippen LogP contribution >= 0.6 is 11.6 Å². The molecule has 1 aromatic rings. The van der Waals surface area contributed by atoms with Crippen LogP contribution in [0.2, 0.25) is 5.02 Å². The zero-order valence-electron chi connectivity index (χ0n) is 12.5. The van der Waals surface area contributed by atoms with Crippen molar-refractivity contribution in [1.29, 1.82) is 0 Å². The molecule has 0 radical (unpaired) electrons. The molecule has 0 heterocycles. The number of rotatable bonds is 4. The summed E-state index contributed by atoms with van der Waals surface area (Å²) in [5.41, 5.74) is 0.188. The van der Waals surface area contributed by atoms with Crippen molar-refractivity contribution in [3.8, 4) is 18.1 Å². The molecule has 1 aliphatic carbocycles. The maximum absolute atomic E-state index is 14.0. The van der Waals surface area contributed by atoms with Crippen LogP contribution in [0.25, 0.3) is 0 Å². The third-order valence-electron chi connectivity index (χ3n) is 3.99. The van der Waals surface area contributed by atoms with E-state index in [0.717, 1.165) is 25.3 Å². The molecule has 3 nitrogen and oxygen atoms in total. The summed E-state index contributed by atoms with van der Waals surface area (Å²) in [7, 11) is 0. The molecule has 0 aromatic heterocycles. The van der Waals surface area contributed by atoms with Crippen molar-refractivity contribution in [3.05, 3.63) is 28.5 Å². The van der Waals surface area contributed by atoms with Gasteiger partial charge >= 0.3 is 0 Å². The van der Waals surface area contributed by atoms with Gasteiger partial charge in [0.15, 0.2) is 11.6 Å². The Morgan fingerprint density at radius 1 is 1.50 bits per heavy atom. The second-order valence-electron chi connectivity index (χ2n) is 5.60. The van der Waals surface area contributed by atoms with E-state index in [1.807, 2.05) is 0 Å². The molecule has 2 rings (SSSR count). The Labute approximate surface area is 135 Å². The average molecular weight is 324 g/mol. The topological polar surface area (TPSA) is 38.3 Å². The number of benzene rings is 1. The summed E-state index contributed by atoms with van der Waals surface area (Å²) in [6, 6.07) is 2.65. The van der Waals surface area contributed by atoms with E-state index in [2.05, 4.69) is 18.2 Å². The van der Waals surface area contributed by atoms with Crippen molar-refractivity contribution >= 4 is 17.5 Å². The zero-order valence-corrected chi connectivity index (χ0v) is 13.3. The fourth-order valence-electron chi connectivity index (χ4n) is 2.73. The second kappa shape index (κ2) is 7.51. The standard InChI is InChI=1S/C17H19ClFNO2/c1-3-8-22-16-13(18)9-12(10-14(16)19)17(21)20-15-7-5-4-6-11(15)2/h1,9-11,15H,4-8H2,2H3,(H,20,21). The van der Waals surface area contributed by atoms with Gasteiger partial charge in [0.1, 0.15) is 6.61 Å². The molecular formula is C17H19ClFNO2. The van der Waals surface area contributed by atoms with E-state index < -0.39 is 5.82 Å². The third kappa shape index (κ3) is 3.92. The zero-order chi connectivity index (χ0) is 16.1. The van der Waals surface area contributed by atoms with Crippen LogP contribution in [-0.2, 0) is 0 Å². The van der Waals surface area contributed by atoms with Crippen molar-refractivity contribution in [2.45, 2.75) is 38.6 Å². The molecule has 1 saturated carbocycles. The van der Waals surface area contributed by atoms with Crippen molar-refractivity contribution in [3.63, 3.8) is 0 Å². The second-order valence-corrected chi connectivity index (χ2v) is 6.01. The van der Waals surface area contributed by atoms with Crippen LogP contribution in [0.1, 0.15) is 43.0 Å². The van der Waals surface area contributed by atoms with Gasteiger partial charge in [-0.15, -0.1) is 6.42 Å². The van der Waals surface area contributed by atoms with Gasteiger partial charge in [-0.25, -0.2) is 4.39 Å². The van der Waals surface area contributed by atoms with E-state index in [-0.39, 0.29) is 34.9 Å². The predicted molar refractivity (Wildman–Crippen MR) is 84.6 cm³/mol. The molecule has 2 atom stereocenters. The van der Waals surface area contributed by atoms with Crippen LogP contribution < -0.4 is 10.1 Å². The Kier molecular flexibility index (Phi) is 5.68. The molecule has 0 saturated heterocycles. The number of ether oxygens (including phenoxy) is 1. The quantitative estimate of drug-likeness (QED) is 0.856. The summed E-state index contributed by atoms with van der Waals surface area (Å²) in [6.07, 6.45) is 9.40. The Hall–Kier alpha value is -1.73. The van der Waals surface area contributed by atoms with Crippen LogP contribution in [0.15, 0.2) is 12.1 Å². The lowest BCUT2D eigenvalue weighted by Crippen LogP contribution is -2.41. The molecular weight excluding hydrogens is 305 g/mol. The molecule has 118 valence electrons. The summed E-state index contributed by atoms with van der Waals surface area (Å²) < 4.78 is 19.0. The lowest BCUT2D eigenvalue weighted by molar-refractivity contribution is 0.0909. The molecule has 2 unspecified atom stereocenters. The summed E-state index contributed by atoms with van der Waals surface area (Å²) in [6.45, 7) is 2.04. The van der Waals surface area contributed by atoms with Gasteiger partial charge in [-0.1, -0.05) is 37.3 Å². The number of terminal acetylenes is 1. The van der Waals surface area contributed by atoms with Crippen LogP contribution in [-0.4, -0.2) is 18.6 Å². The number of carbonyl (C=O) groups excluding carboxylic acids is 1. The summed E-state index contributed by atoms with van der Waals surface area (Å²) >= 11 is 5.97. The smallest absolute Gasteiger partial charge is 0.251 e. The van der Waals surface area contributed by atoms with Gasteiger partial charge < -0.3 is 10.1 Å². The Morgan fingerprint density at radius 2 is 2.23 bits per heavy atom. The van der Waals surface area contributed by atoms with E-state index in [1.54, 1.807) is 0 Å². The molecule has 22 heavy (non-hydrogen) atoms. The first-order valence-corrected chi connectivity index (χ1v) is 7.77. The third-order valence-corrected chi connectivity index (χ3v) is 4.27. The SMILES string of the molecule is C#CCOc1c(F)cc(C(=O)NC2CCCCC2C)cc1Cl. The van der Waals surface area contributed by atoms with Crippen molar-refractivity contribution < 1.29 is 13.9 Å². The molecule has 1 N–H and O–H groups in total. The van der Waals surface area contributed by atoms with E-state index >= 15 is 0 Å². The van der Waals surface area contributed by atoms with Crippen LogP contribution in [0.5, 0.6) is 5.75 Å². The largest absolute Gasteiger partial charge is 0.476 e. The van der Waals surface area contributed by atoms with Gasteiger partial charge in [0.25, 0.3) is 5.91 Å². The predicted octanol–water partition coefficient (Wildman–Crippen LogP) is 3.80. The first kappa shape index (κ1) is 16.6. The average Bonchev–Trinajstić information content (AvgIpc) is 2.48. The van der Waals surface area contributed by atoms with E-state index in [0.29, 0.717) is 5.92 Å². The number of carbonyl (C=O) groups is 1. The Morgan fingerprint density at radius 3 is 2.86 bits per heavy atom. The first-order chi connectivity index (χ1) is 10.5. The number of amides is 1. The molecule has 1 aromatic carbocycles. The summed E-state index contributed by atoms with van der Waals surface area (Å²) in [5, 5.41) is 3.00. The van der Waals surface area contributed by atoms with Crippen molar-refractivity contribution in [2.24, 2.45) is 5.92 Å². The summed E-state index contributed by atoms with van der Waals surface area (Å²) in [4.78, 5) is 12.3. The van der Waals surface area contributed by atoms with E-state index in [1.165, 1.54) is 12.5 Å². The molecule has 1 amide bonds. The highest BCUT2D eigenvalue weighted by Crippen LogP contribution is 2.30. The molecule has 5 heteroatoms. The normalized spacial score (nSPS) is 21.0. The number of halogens is 2. The first-order valence-electron chi connectivity index (χ1n) is 7.39. The van der Waals surface area contributed by atoms with Gasteiger partial charge in [-0.05, 0) is 30.9 Å².